The minimum atomic E-state index is -0.159. The van der Waals surface area contributed by atoms with Gasteiger partial charge in [0.2, 0.25) is 11.9 Å². The van der Waals surface area contributed by atoms with Crippen molar-refractivity contribution < 1.29 is 4.79 Å². The fourth-order valence-electron chi connectivity index (χ4n) is 2.91. The number of rotatable bonds is 6. The van der Waals surface area contributed by atoms with E-state index in [0.717, 1.165) is 28.0 Å². The van der Waals surface area contributed by atoms with E-state index in [4.69, 9.17) is 0 Å². The van der Waals surface area contributed by atoms with Crippen LogP contribution in [0.15, 0.2) is 61.2 Å². The zero-order valence-electron chi connectivity index (χ0n) is 16.1. The first kappa shape index (κ1) is 18.4. The molecule has 1 aromatic carbocycles. The second-order valence-electron chi connectivity index (χ2n) is 6.49. The van der Waals surface area contributed by atoms with Crippen molar-refractivity contribution in [3.05, 3.63) is 66.8 Å². The van der Waals surface area contributed by atoms with Gasteiger partial charge in [-0.05, 0) is 30.7 Å². The van der Waals surface area contributed by atoms with Crippen LogP contribution < -0.4 is 10.6 Å². The van der Waals surface area contributed by atoms with E-state index >= 15 is 0 Å². The highest BCUT2D eigenvalue weighted by molar-refractivity contribution is 5.99. The first-order valence-electron chi connectivity index (χ1n) is 9.07. The Hall–Kier alpha value is -4.01. The molecule has 4 rings (SSSR count). The van der Waals surface area contributed by atoms with E-state index in [1.807, 2.05) is 37.5 Å². The molecular formula is C20H20N8O. The van der Waals surface area contributed by atoms with Crippen molar-refractivity contribution in [1.82, 2.24) is 29.5 Å². The molecule has 0 radical (unpaired) electrons. The smallest absolute Gasteiger partial charge is 0.248 e. The third-order valence-electron chi connectivity index (χ3n) is 4.18. The minimum absolute atomic E-state index is 0.159. The molecule has 0 spiro atoms. The summed E-state index contributed by atoms with van der Waals surface area (Å²) in [6, 6.07) is 7.65. The Bertz CT molecular complexity index is 1190. The Balaban J connectivity index is 1.56. The van der Waals surface area contributed by atoms with Gasteiger partial charge in [-0.15, -0.1) is 0 Å². The molecule has 0 bridgehead atoms. The van der Waals surface area contributed by atoms with E-state index in [0.29, 0.717) is 12.5 Å². The lowest BCUT2D eigenvalue weighted by Gasteiger charge is -2.08. The lowest BCUT2D eigenvalue weighted by molar-refractivity contribution is -0.111. The van der Waals surface area contributed by atoms with E-state index in [2.05, 4.69) is 30.8 Å². The maximum atomic E-state index is 11.8. The van der Waals surface area contributed by atoms with Crippen molar-refractivity contribution in [1.29, 1.82) is 0 Å². The van der Waals surface area contributed by atoms with Gasteiger partial charge in [0.05, 0.1) is 30.0 Å². The summed E-state index contributed by atoms with van der Waals surface area (Å²) >= 11 is 0. The standard InChI is InChI=1S/C20H20N8O/c1-3-5-18(29)24-16-7-4-6-14(8-16)12-28-19-15(10-23-28)9-21-20(26-19)25-17-11-22-27(2)13-17/h3-11,13H,12H2,1-2H3,(H,24,29)(H,21,25,26)/b5-3+. The van der Waals surface area contributed by atoms with E-state index in [1.165, 1.54) is 6.08 Å². The second-order valence-corrected chi connectivity index (χ2v) is 6.49. The Morgan fingerprint density at radius 1 is 1.17 bits per heavy atom. The van der Waals surface area contributed by atoms with Crippen LogP contribution in [0.2, 0.25) is 0 Å². The maximum Gasteiger partial charge on any atom is 0.248 e. The number of nitrogens with zero attached hydrogens (tertiary/aromatic N) is 6. The molecule has 3 aromatic heterocycles. The summed E-state index contributed by atoms with van der Waals surface area (Å²) in [5.41, 5.74) is 3.25. The Kier molecular flexibility index (Phi) is 5.02. The number of aromatic nitrogens is 6. The number of fused-ring (bicyclic) bond motifs is 1. The van der Waals surface area contributed by atoms with Gasteiger partial charge in [-0.25, -0.2) is 9.67 Å². The molecule has 0 atom stereocenters. The SMILES string of the molecule is C/C=C/C(=O)Nc1cccc(Cn2ncc3cnc(Nc4cnn(C)c4)nc32)c1. The number of carbonyl (C=O) groups is 1. The molecule has 9 nitrogen and oxygen atoms in total. The number of hydrogen-bond donors (Lipinski definition) is 2. The summed E-state index contributed by atoms with van der Waals surface area (Å²) in [4.78, 5) is 20.7. The van der Waals surface area contributed by atoms with Crippen LogP contribution >= 0.6 is 0 Å². The largest absolute Gasteiger partial charge is 0.323 e. The number of aryl methyl sites for hydroxylation is 1. The molecule has 29 heavy (non-hydrogen) atoms. The van der Waals surface area contributed by atoms with Gasteiger partial charge in [0, 0.05) is 25.1 Å². The van der Waals surface area contributed by atoms with E-state index in [-0.39, 0.29) is 5.91 Å². The number of anilines is 3. The van der Waals surface area contributed by atoms with Gasteiger partial charge in [-0.1, -0.05) is 18.2 Å². The summed E-state index contributed by atoms with van der Waals surface area (Å²) in [5, 5.41) is 15.4. The molecule has 2 N–H and O–H groups in total. The van der Waals surface area contributed by atoms with Gasteiger partial charge in [0.25, 0.3) is 0 Å². The molecule has 4 aromatic rings. The molecule has 0 aliphatic carbocycles. The molecule has 1 amide bonds. The fraction of sp³-hybridized carbons (Fsp3) is 0.150. The predicted octanol–water partition coefficient (Wildman–Crippen LogP) is 2.87. The number of allylic oxidation sites excluding steroid dienone is 1. The summed E-state index contributed by atoms with van der Waals surface area (Å²) < 4.78 is 3.51. The van der Waals surface area contributed by atoms with Crippen LogP contribution in [0.1, 0.15) is 12.5 Å². The predicted molar refractivity (Wildman–Crippen MR) is 111 cm³/mol. The Labute approximate surface area is 167 Å². The molecule has 0 fully saturated rings. The first-order chi connectivity index (χ1) is 14.1. The van der Waals surface area contributed by atoms with Crippen molar-refractivity contribution in [3.63, 3.8) is 0 Å². The number of hydrogen-bond acceptors (Lipinski definition) is 6. The van der Waals surface area contributed by atoms with E-state index < -0.39 is 0 Å². The molecule has 3 heterocycles. The number of carbonyl (C=O) groups excluding carboxylic acids is 1. The number of nitrogens with one attached hydrogen (secondary N) is 2. The molecule has 0 aliphatic rings. The van der Waals surface area contributed by atoms with Gasteiger partial charge >= 0.3 is 0 Å². The van der Waals surface area contributed by atoms with Crippen molar-refractivity contribution >= 4 is 34.3 Å². The Morgan fingerprint density at radius 2 is 2.07 bits per heavy atom. The van der Waals surface area contributed by atoms with E-state index in [9.17, 15) is 4.79 Å². The maximum absolute atomic E-state index is 11.8. The second kappa shape index (κ2) is 7.93. The van der Waals surface area contributed by atoms with Gasteiger partial charge in [0.1, 0.15) is 0 Å². The third-order valence-corrected chi connectivity index (χ3v) is 4.18. The third kappa shape index (κ3) is 4.29. The van der Waals surface area contributed by atoms with Crippen LogP contribution in [-0.2, 0) is 18.4 Å². The van der Waals surface area contributed by atoms with Gasteiger partial charge in [-0.3, -0.25) is 9.48 Å². The van der Waals surface area contributed by atoms with Crippen molar-refractivity contribution in [2.75, 3.05) is 10.6 Å². The van der Waals surface area contributed by atoms with Crippen molar-refractivity contribution in [2.45, 2.75) is 13.5 Å². The van der Waals surface area contributed by atoms with Crippen LogP contribution in [0.25, 0.3) is 11.0 Å². The van der Waals surface area contributed by atoms with Crippen LogP contribution in [0.4, 0.5) is 17.3 Å². The molecule has 0 aliphatic heterocycles. The van der Waals surface area contributed by atoms with Gasteiger partial charge in [0.15, 0.2) is 5.65 Å². The van der Waals surface area contributed by atoms with Gasteiger partial charge < -0.3 is 10.6 Å². The van der Waals surface area contributed by atoms with Gasteiger partial charge in [-0.2, -0.15) is 15.2 Å². The molecular weight excluding hydrogens is 368 g/mol. The molecule has 0 unspecified atom stereocenters. The lowest BCUT2D eigenvalue weighted by atomic mass is 10.2. The molecule has 9 heteroatoms. The summed E-state index contributed by atoms with van der Waals surface area (Å²) in [6.45, 7) is 2.32. The average Bonchev–Trinajstić information content (AvgIpc) is 3.28. The minimum Gasteiger partial charge on any atom is -0.323 e. The van der Waals surface area contributed by atoms with Crippen molar-refractivity contribution in [3.8, 4) is 0 Å². The molecule has 0 saturated heterocycles. The number of amides is 1. The highest BCUT2D eigenvalue weighted by Gasteiger charge is 2.09. The van der Waals surface area contributed by atoms with E-state index in [1.54, 1.807) is 41.0 Å². The lowest BCUT2D eigenvalue weighted by Crippen LogP contribution is -2.09. The topological polar surface area (TPSA) is 103 Å². The van der Waals surface area contributed by atoms with Crippen LogP contribution in [0.5, 0.6) is 0 Å². The normalized spacial score (nSPS) is 11.2. The zero-order valence-corrected chi connectivity index (χ0v) is 16.1. The van der Waals surface area contributed by atoms with Crippen LogP contribution in [-0.4, -0.2) is 35.4 Å². The molecule has 0 saturated carbocycles. The van der Waals surface area contributed by atoms with Crippen molar-refractivity contribution in [2.24, 2.45) is 7.05 Å². The summed E-state index contributed by atoms with van der Waals surface area (Å²) in [6.07, 6.45) is 10.2. The fourth-order valence-corrected chi connectivity index (χ4v) is 2.91. The Morgan fingerprint density at radius 3 is 2.86 bits per heavy atom. The van der Waals surface area contributed by atoms with Crippen LogP contribution in [0, 0.1) is 0 Å². The monoisotopic (exact) mass is 388 g/mol. The molecule has 146 valence electrons. The highest BCUT2D eigenvalue weighted by Crippen LogP contribution is 2.18. The highest BCUT2D eigenvalue weighted by atomic mass is 16.1. The van der Waals surface area contributed by atoms with Crippen LogP contribution in [0.3, 0.4) is 0 Å². The summed E-state index contributed by atoms with van der Waals surface area (Å²) in [7, 11) is 1.85. The average molecular weight is 388 g/mol. The number of benzene rings is 1. The zero-order chi connectivity index (χ0) is 20.2. The first-order valence-corrected chi connectivity index (χ1v) is 9.07. The quantitative estimate of drug-likeness (QED) is 0.493. The summed E-state index contributed by atoms with van der Waals surface area (Å²) in [5.74, 6) is 0.313.